The van der Waals surface area contributed by atoms with E-state index in [0.29, 0.717) is 18.0 Å². The van der Waals surface area contributed by atoms with Crippen LogP contribution in [0.15, 0.2) is 24.3 Å². The van der Waals surface area contributed by atoms with Gasteiger partial charge in [-0.15, -0.1) is 0 Å². The van der Waals surface area contributed by atoms with Gasteiger partial charge in [0.05, 0.1) is 0 Å². The number of rotatable bonds is 7. The van der Waals surface area contributed by atoms with Crippen molar-refractivity contribution >= 4 is 11.6 Å². The summed E-state index contributed by atoms with van der Waals surface area (Å²) in [6, 6.07) is 7.05. The summed E-state index contributed by atoms with van der Waals surface area (Å²) >= 11 is 0. The lowest BCUT2D eigenvalue weighted by Crippen LogP contribution is -2.29. The van der Waals surface area contributed by atoms with Crippen molar-refractivity contribution in [2.45, 2.75) is 26.2 Å². The van der Waals surface area contributed by atoms with Gasteiger partial charge in [0.25, 0.3) is 5.91 Å². The lowest BCUT2D eigenvalue weighted by molar-refractivity contribution is -0.123. The Balaban J connectivity index is 2.19. The molecule has 0 radical (unpaired) electrons. The number of anilines is 1. The maximum atomic E-state index is 11.4. The molecule has 0 aliphatic rings. The second-order valence-corrected chi connectivity index (χ2v) is 3.92. The second kappa shape index (κ2) is 7.54. The van der Waals surface area contributed by atoms with Crippen LogP contribution in [0.4, 0.5) is 5.69 Å². The fraction of sp³-hybridized carbons (Fsp3) is 0.462. The van der Waals surface area contributed by atoms with Crippen LogP contribution in [0, 0.1) is 0 Å². The molecule has 0 aliphatic carbocycles. The number of ether oxygens (including phenoxy) is 1. The normalized spacial score (nSPS) is 9.94. The van der Waals surface area contributed by atoms with E-state index in [-0.39, 0.29) is 12.5 Å². The molecule has 1 aromatic carbocycles. The minimum Gasteiger partial charge on any atom is -0.484 e. The van der Waals surface area contributed by atoms with E-state index in [2.05, 4.69) is 12.2 Å². The largest absolute Gasteiger partial charge is 0.484 e. The van der Waals surface area contributed by atoms with Crippen LogP contribution in [-0.4, -0.2) is 19.1 Å². The first kappa shape index (κ1) is 13.4. The molecule has 1 amide bonds. The molecule has 0 atom stereocenters. The molecule has 4 nitrogen and oxygen atoms in total. The SMILES string of the molecule is CCCCCNC(=O)COc1cccc(N)c1. The average molecular weight is 236 g/mol. The third-order valence-corrected chi connectivity index (χ3v) is 2.33. The molecule has 17 heavy (non-hydrogen) atoms. The Hall–Kier alpha value is -1.71. The summed E-state index contributed by atoms with van der Waals surface area (Å²) in [7, 11) is 0. The number of carbonyl (C=O) groups excluding carboxylic acids is 1. The van der Waals surface area contributed by atoms with Crippen molar-refractivity contribution in [2.75, 3.05) is 18.9 Å². The summed E-state index contributed by atoms with van der Waals surface area (Å²) in [6.45, 7) is 2.88. The van der Waals surface area contributed by atoms with Crippen molar-refractivity contribution in [3.63, 3.8) is 0 Å². The molecular formula is C13H20N2O2. The van der Waals surface area contributed by atoms with Gasteiger partial charge in [0.15, 0.2) is 6.61 Å². The minimum absolute atomic E-state index is 0.0373. The molecule has 3 N–H and O–H groups in total. The van der Waals surface area contributed by atoms with E-state index < -0.39 is 0 Å². The highest BCUT2D eigenvalue weighted by atomic mass is 16.5. The molecule has 0 saturated carbocycles. The van der Waals surface area contributed by atoms with Crippen LogP contribution in [0.1, 0.15) is 26.2 Å². The number of benzene rings is 1. The first-order valence-electron chi connectivity index (χ1n) is 5.97. The molecule has 1 rings (SSSR count). The fourth-order valence-electron chi connectivity index (χ4n) is 1.41. The topological polar surface area (TPSA) is 64.3 Å². The van der Waals surface area contributed by atoms with Gasteiger partial charge < -0.3 is 15.8 Å². The van der Waals surface area contributed by atoms with E-state index in [1.54, 1.807) is 24.3 Å². The Morgan fingerprint density at radius 3 is 2.94 bits per heavy atom. The van der Waals surface area contributed by atoms with Crippen LogP contribution >= 0.6 is 0 Å². The lowest BCUT2D eigenvalue weighted by atomic mass is 10.2. The van der Waals surface area contributed by atoms with Gasteiger partial charge in [-0.25, -0.2) is 0 Å². The van der Waals surface area contributed by atoms with Gasteiger partial charge in [0.2, 0.25) is 0 Å². The Morgan fingerprint density at radius 1 is 1.41 bits per heavy atom. The molecule has 1 aromatic rings. The standard InChI is InChI=1S/C13H20N2O2/c1-2-3-4-8-15-13(16)10-17-12-7-5-6-11(14)9-12/h5-7,9H,2-4,8,10,14H2,1H3,(H,15,16). The predicted octanol–water partition coefficient (Wildman–Crippen LogP) is 1.95. The number of nitrogens with one attached hydrogen (secondary N) is 1. The quantitative estimate of drug-likeness (QED) is 0.562. The third kappa shape index (κ3) is 5.80. The Bertz CT molecular complexity index is 353. The maximum absolute atomic E-state index is 11.4. The fourth-order valence-corrected chi connectivity index (χ4v) is 1.41. The van der Waals surface area contributed by atoms with Crippen molar-refractivity contribution in [1.29, 1.82) is 0 Å². The summed E-state index contributed by atoms with van der Waals surface area (Å²) in [5, 5.41) is 2.81. The molecule has 0 fully saturated rings. The zero-order valence-corrected chi connectivity index (χ0v) is 10.2. The van der Waals surface area contributed by atoms with Gasteiger partial charge in [-0.2, -0.15) is 0 Å². The molecule has 0 spiro atoms. The molecule has 0 heterocycles. The monoisotopic (exact) mass is 236 g/mol. The summed E-state index contributed by atoms with van der Waals surface area (Å²) < 4.78 is 5.31. The number of hydrogen-bond donors (Lipinski definition) is 2. The van der Waals surface area contributed by atoms with Crippen molar-refractivity contribution in [3.8, 4) is 5.75 Å². The molecule has 94 valence electrons. The van der Waals surface area contributed by atoms with Crippen LogP contribution in [0.25, 0.3) is 0 Å². The minimum atomic E-state index is -0.0940. The highest BCUT2D eigenvalue weighted by Crippen LogP contribution is 2.13. The molecular weight excluding hydrogens is 216 g/mol. The van der Waals surface area contributed by atoms with E-state index >= 15 is 0 Å². The first-order valence-corrected chi connectivity index (χ1v) is 5.97. The van der Waals surface area contributed by atoms with E-state index in [4.69, 9.17) is 10.5 Å². The maximum Gasteiger partial charge on any atom is 0.257 e. The summed E-state index contributed by atoms with van der Waals surface area (Å²) in [5.74, 6) is 0.525. The van der Waals surface area contributed by atoms with E-state index in [9.17, 15) is 4.79 Å². The molecule has 4 heteroatoms. The molecule has 0 aromatic heterocycles. The average Bonchev–Trinajstić information content (AvgIpc) is 2.32. The van der Waals surface area contributed by atoms with Gasteiger partial charge in [-0.1, -0.05) is 25.8 Å². The van der Waals surface area contributed by atoms with Crippen molar-refractivity contribution in [1.82, 2.24) is 5.32 Å². The molecule has 0 saturated heterocycles. The van der Waals surface area contributed by atoms with Crippen molar-refractivity contribution < 1.29 is 9.53 Å². The Kier molecular flexibility index (Phi) is 5.93. The van der Waals surface area contributed by atoms with Gasteiger partial charge >= 0.3 is 0 Å². The first-order chi connectivity index (χ1) is 8.22. The highest BCUT2D eigenvalue weighted by Gasteiger charge is 2.01. The van der Waals surface area contributed by atoms with Crippen molar-refractivity contribution in [2.24, 2.45) is 0 Å². The number of amides is 1. The number of hydrogen-bond acceptors (Lipinski definition) is 3. The zero-order chi connectivity index (χ0) is 12.5. The van der Waals surface area contributed by atoms with Crippen molar-refractivity contribution in [3.05, 3.63) is 24.3 Å². The Morgan fingerprint density at radius 2 is 2.24 bits per heavy atom. The Labute approximate surface area is 102 Å². The lowest BCUT2D eigenvalue weighted by Gasteiger charge is -2.07. The number of unbranched alkanes of at least 4 members (excludes halogenated alkanes) is 2. The molecule has 0 bridgehead atoms. The van der Waals surface area contributed by atoms with E-state index in [1.165, 1.54) is 0 Å². The van der Waals surface area contributed by atoms with Gasteiger partial charge in [-0.3, -0.25) is 4.79 Å². The van der Waals surface area contributed by atoms with Crippen LogP contribution in [-0.2, 0) is 4.79 Å². The molecule has 0 aliphatic heterocycles. The van der Waals surface area contributed by atoms with Crippen LogP contribution in [0.3, 0.4) is 0 Å². The van der Waals surface area contributed by atoms with E-state index in [0.717, 1.165) is 19.3 Å². The highest BCUT2D eigenvalue weighted by molar-refractivity contribution is 5.77. The van der Waals surface area contributed by atoms with Gasteiger partial charge in [0.1, 0.15) is 5.75 Å². The summed E-state index contributed by atoms with van der Waals surface area (Å²) in [4.78, 5) is 11.4. The van der Waals surface area contributed by atoms with Crippen LogP contribution in [0.2, 0.25) is 0 Å². The number of nitrogens with two attached hydrogens (primary N) is 1. The van der Waals surface area contributed by atoms with E-state index in [1.807, 2.05) is 0 Å². The van der Waals surface area contributed by atoms with Gasteiger partial charge in [0, 0.05) is 18.3 Å². The summed E-state index contributed by atoms with van der Waals surface area (Å²) in [5.41, 5.74) is 6.23. The number of carbonyl (C=O) groups is 1. The zero-order valence-electron chi connectivity index (χ0n) is 10.2. The van der Waals surface area contributed by atoms with Gasteiger partial charge in [-0.05, 0) is 18.6 Å². The van der Waals surface area contributed by atoms with Crippen LogP contribution < -0.4 is 15.8 Å². The van der Waals surface area contributed by atoms with Crippen LogP contribution in [0.5, 0.6) is 5.75 Å². The number of nitrogen functional groups attached to an aromatic ring is 1. The predicted molar refractivity (Wildman–Crippen MR) is 68.9 cm³/mol. The third-order valence-electron chi connectivity index (χ3n) is 2.33. The summed E-state index contributed by atoms with van der Waals surface area (Å²) in [6.07, 6.45) is 3.30. The molecule has 0 unspecified atom stereocenters. The second-order valence-electron chi connectivity index (χ2n) is 3.92. The smallest absolute Gasteiger partial charge is 0.257 e.